The lowest BCUT2D eigenvalue weighted by Crippen LogP contribution is -2.40. The van der Waals surface area contributed by atoms with Gasteiger partial charge in [-0.3, -0.25) is 4.79 Å². The molecule has 4 nitrogen and oxygen atoms in total. The summed E-state index contributed by atoms with van der Waals surface area (Å²) in [7, 11) is 0. The standard InChI is InChI=1S/C12H14ClNO3S/c1-3-10(12(16)17)14-11(15)8-6-7(18-2)4-5-9(8)13/h4-6,10H,3H2,1-2H3,(H,14,15)(H,16,17). The number of thioether (sulfide) groups is 1. The number of carbonyl (C=O) groups is 2. The van der Waals surface area contributed by atoms with Gasteiger partial charge < -0.3 is 10.4 Å². The van der Waals surface area contributed by atoms with Crippen molar-refractivity contribution in [2.75, 3.05) is 6.26 Å². The Hall–Kier alpha value is -1.20. The van der Waals surface area contributed by atoms with E-state index in [1.165, 1.54) is 11.8 Å². The van der Waals surface area contributed by atoms with Crippen LogP contribution in [0.15, 0.2) is 23.1 Å². The van der Waals surface area contributed by atoms with Gasteiger partial charge in [-0.15, -0.1) is 11.8 Å². The SMILES string of the molecule is CCC(NC(=O)c1cc(SC)ccc1Cl)C(=O)O. The first-order chi connectivity index (χ1) is 8.49. The molecule has 1 atom stereocenters. The number of hydrogen-bond donors (Lipinski definition) is 2. The van der Waals surface area contributed by atoms with Crippen LogP contribution in [0.4, 0.5) is 0 Å². The van der Waals surface area contributed by atoms with Crippen LogP contribution in [0.5, 0.6) is 0 Å². The highest BCUT2D eigenvalue weighted by molar-refractivity contribution is 7.98. The Balaban J connectivity index is 2.93. The van der Waals surface area contributed by atoms with Crippen LogP contribution in [0, 0.1) is 0 Å². The maximum atomic E-state index is 11.9. The van der Waals surface area contributed by atoms with Crippen LogP contribution in [0.2, 0.25) is 5.02 Å². The Kier molecular flexibility index (Phi) is 5.50. The van der Waals surface area contributed by atoms with Crippen LogP contribution in [0.3, 0.4) is 0 Å². The number of nitrogens with one attached hydrogen (secondary N) is 1. The van der Waals surface area contributed by atoms with Crippen LogP contribution in [-0.4, -0.2) is 29.3 Å². The lowest BCUT2D eigenvalue weighted by Gasteiger charge is -2.13. The minimum absolute atomic E-state index is 0.295. The van der Waals surface area contributed by atoms with Crippen molar-refractivity contribution in [1.29, 1.82) is 0 Å². The minimum atomic E-state index is -1.05. The summed E-state index contributed by atoms with van der Waals surface area (Å²) in [4.78, 5) is 23.7. The summed E-state index contributed by atoms with van der Waals surface area (Å²) in [5.74, 6) is -1.52. The fourth-order valence-corrected chi connectivity index (χ4v) is 2.02. The molecule has 0 bridgehead atoms. The zero-order valence-electron chi connectivity index (χ0n) is 10.1. The van der Waals surface area contributed by atoms with Crippen molar-refractivity contribution < 1.29 is 14.7 Å². The maximum Gasteiger partial charge on any atom is 0.326 e. The molecular weight excluding hydrogens is 274 g/mol. The number of aliphatic carboxylic acids is 1. The quantitative estimate of drug-likeness (QED) is 0.817. The molecule has 0 aliphatic carbocycles. The second-order valence-electron chi connectivity index (χ2n) is 3.62. The number of hydrogen-bond acceptors (Lipinski definition) is 3. The number of halogens is 1. The number of carboxylic acid groups (broad SMARTS) is 1. The van der Waals surface area contributed by atoms with E-state index in [0.29, 0.717) is 17.0 Å². The minimum Gasteiger partial charge on any atom is -0.480 e. The van der Waals surface area contributed by atoms with Crippen LogP contribution in [0.1, 0.15) is 23.7 Å². The molecule has 18 heavy (non-hydrogen) atoms. The fourth-order valence-electron chi connectivity index (χ4n) is 1.38. The number of benzene rings is 1. The van der Waals surface area contributed by atoms with E-state index in [4.69, 9.17) is 16.7 Å². The molecule has 0 aliphatic rings. The predicted octanol–water partition coefficient (Wildman–Crippen LogP) is 2.65. The lowest BCUT2D eigenvalue weighted by atomic mass is 10.1. The van der Waals surface area contributed by atoms with Crippen molar-refractivity contribution in [2.45, 2.75) is 24.3 Å². The van der Waals surface area contributed by atoms with E-state index in [2.05, 4.69) is 5.32 Å². The normalized spacial score (nSPS) is 11.9. The highest BCUT2D eigenvalue weighted by Gasteiger charge is 2.20. The first-order valence-corrected chi connectivity index (χ1v) is 6.97. The third-order valence-corrected chi connectivity index (χ3v) is 3.48. The smallest absolute Gasteiger partial charge is 0.326 e. The first-order valence-electron chi connectivity index (χ1n) is 5.36. The van der Waals surface area contributed by atoms with Crippen molar-refractivity contribution >= 4 is 35.2 Å². The predicted molar refractivity (Wildman–Crippen MR) is 72.4 cm³/mol. The molecule has 1 aromatic rings. The molecule has 0 fully saturated rings. The monoisotopic (exact) mass is 287 g/mol. The van der Waals surface area contributed by atoms with Crippen molar-refractivity contribution in [3.63, 3.8) is 0 Å². The Bertz CT molecular complexity index is 465. The van der Waals surface area contributed by atoms with Gasteiger partial charge in [-0.1, -0.05) is 18.5 Å². The van der Waals surface area contributed by atoms with Gasteiger partial charge in [-0.05, 0) is 30.9 Å². The Morgan fingerprint density at radius 1 is 1.50 bits per heavy atom. The van der Waals surface area contributed by atoms with Gasteiger partial charge in [-0.2, -0.15) is 0 Å². The molecule has 1 amide bonds. The van der Waals surface area contributed by atoms with E-state index in [-0.39, 0.29) is 0 Å². The number of carbonyl (C=O) groups excluding carboxylic acids is 1. The largest absolute Gasteiger partial charge is 0.480 e. The molecule has 0 aliphatic heterocycles. The van der Waals surface area contributed by atoms with E-state index >= 15 is 0 Å². The average molecular weight is 288 g/mol. The first kappa shape index (κ1) is 14.9. The van der Waals surface area contributed by atoms with Gasteiger partial charge in [0.2, 0.25) is 0 Å². The highest BCUT2D eigenvalue weighted by atomic mass is 35.5. The third-order valence-electron chi connectivity index (χ3n) is 2.43. The van der Waals surface area contributed by atoms with Gasteiger partial charge >= 0.3 is 5.97 Å². The summed E-state index contributed by atoms with van der Waals surface area (Å²) >= 11 is 7.42. The second-order valence-corrected chi connectivity index (χ2v) is 4.91. The highest BCUT2D eigenvalue weighted by Crippen LogP contribution is 2.23. The van der Waals surface area contributed by atoms with Gasteiger partial charge in [0.1, 0.15) is 6.04 Å². The van der Waals surface area contributed by atoms with E-state index in [9.17, 15) is 9.59 Å². The molecule has 1 unspecified atom stereocenters. The summed E-state index contributed by atoms with van der Waals surface area (Å²) in [6.45, 7) is 1.69. The maximum absolute atomic E-state index is 11.9. The van der Waals surface area contributed by atoms with Crippen LogP contribution < -0.4 is 5.32 Å². The van der Waals surface area contributed by atoms with Crippen LogP contribution >= 0.6 is 23.4 Å². The van der Waals surface area contributed by atoms with Crippen molar-refractivity contribution in [3.05, 3.63) is 28.8 Å². The number of carboxylic acids is 1. The Labute approximate surface area is 115 Å². The molecule has 98 valence electrons. The van der Waals surface area contributed by atoms with Crippen molar-refractivity contribution in [1.82, 2.24) is 5.32 Å². The molecule has 1 rings (SSSR count). The van der Waals surface area contributed by atoms with Crippen LogP contribution in [-0.2, 0) is 4.79 Å². The van der Waals surface area contributed by atoms with E-state index < -0.39 is 17.9 Å². The van der Waals surface area contributed by atoms with Gasteiger partial charge in [0.05, 0.1) is 10.6 Å². The summed E-state index contributed by atoms with van der Waals surface area (Å²) in [5.41, 5.74) is 0.295. The Morgan fingerprint density at radius 2 is 2.17 bits per heavy atom. The molecule has 2 N–H and O–H groups in total. The average Bonchev–Trinajstić information content (AvgIpc) is 2.35. The topological polar surface area (TPSA) is 66.4 Å². The molecule has 0 heterocycles. The van der Waals surface area contributed by atoms with Crippen LogP contribution in [0.25, 0.3) is 0 Å². The van der Waals surface area contributed by atoms with Gasteiger partial charge in [0.15, 0.2) is 0 Å². The molecule has 0 saturated carbocycles. The molecule has 1 aromatic carbocycles. The number of amides is 1. The van der Waals surface area contributed by atoms with E-state index in [1.54, 1.807) is 25.1 Å². The van der Waals surface area contributed by atoms with Crippen molar-refractivity contribution in [3.8, 4) is 0 Å². The van der Waals surface area contributed by atoms with E-state index in [1.807, 2.05) is 6.26 Å². The fraction of sp³-hybridized carbons (Fsp3) is 0.333. The number of rotatable bonds is 5. The lowest BCUT2D eigenvalue weighted by molar-refractivity contribution is -0.139. The zero-order valence-corrected chi connectivity index (χ0v) is 11.6. The summed E-state index contributed by atoms with van der Waals surface area (Å²) in [6, 6.07) is 4.19. The van der Waals surface area contributed by atoms with Crippen molar-refractivity contribution in [2.24, 2.45) is 0 Å². The summed E-state index contributed by atoms with van der Waals surface area (Å²) < 4.78 is 0. The summed E-state index contributed by atoms with van der Waals surface area (Å²) in [5, 5.41) is 11.6. The second kappa shape index (κ2) is 6.66. The molecular formula is C12H14ClNO3S. The van der Waals surface area contributed by atoms with E-state index in [0.717, 1.165) is 4.90 Å². The Morgan fingerprint density at radius 3 is 2.67 bits per heavy atom. The zero-order chi connectivity index (χ0) is 13.7. The molecule has 0 spiro atoms. The summed E-state index contributed by atoms with van der Waals surface area (Å²) in [6.07, 6.45) is 2.21. The van der Waals surface area contributed by atoms with Gasteiger partial charge in [-0.25, -0.2) is 4.79 Å². The van der Waals surface area contributed by atoms with Gasteiger partial charge in [0, 0.05) is 4.90 Å². The molecule has 0 saturated heterocycles. The van der Waals surface area contributed by atoms with Gasteiger partial charge in [0.25, 0.3) is 5.91 Å². The molecule has 0 aromatic heterocycles. The molecule has 6 heteroatoms. The molecule has 0 radical (unpaired) electrons. The third kappa shape index (κ3) is 3.65.